The summed E-state index contributed by atoms with van der Waals surface area (Å²) in [6.07, 6.45) is -0.630. The van der Waals surface area contributed by atoms with Gasteiger partial charge in [0.05, 0.1) is 6.42 Å². The Kier molecular flexibility index (Phi) is 10.4. The van der Waals surface area contributed by atoms with Crippen molar-refractivity contribution in [3.05, 3.63) is 106 Å². The lowest BCUT2D eigenvalue weighted by Crippen LogP contribution is -2.53. The van der Waals surface area contributed by atoms with Crippen molar-refractivity contribution in [1.29, 1.82) is 0 Å². The third-order valence-electron chi connectivity index (χ3n) is 7.28. The summed E-state index contributed by atoms with van der Waals surface area (Å²) < 4.78 is 20.0. The second-order valence-electron chi connectivity index (χ2n) is 12.0. The highest BCUT2D eigenvalue weighted by Gasteiger charge is 2.35. The van der Waals surface area contributed by atoms with Gasteiger partial charge < -0.3 is 25.4 Å². The number of aliphatic carboxylic acids is 1. The Morgan fingerprint density at radius 2 is 1.59 bits per heavy atom. The first-order valence-corrected chi connectivity index (χ1v) is 14.5. The average molecular weight is 604 g/mol. The fourth-order valence-electron chi connectivity index (χ4n) is 5.18. The molecule has 3 amide bonds. The van der Waals surface area contributed by atoms with Gasteiger partial charge in [-0.15, -0.1) is 0 Å². The minimum Gasteiger partial charge on any atom is -0.481 e. The standard InChI is InChI=1S/C34H38FN3O6/c1-34(2,3)44-33(43)37-27(17-25-9-6-7-11-28(25)35)19-30(39)38-21-26-10-5-4-8-24(26)18-29(38)32(42)36-20-23-14-12-22(13-15-23)16-31(40)41/h4-15,27,29H,16-21H2,1-3H3,(H,36,42)(H,37,43)(H,40,41). The molecule has 0 saturated carbocycles. The number of nitrogens with one attached hydrogen (secondary N) is 2. The second-order valence-corrected chi connectivity index (χ2v) is 12.0. The molecule has 0 bridgehead atoms. The molecule has 9 nitrogen and oxygen atoms in total. The van der Waals surface area contributed by atoms with E-state index in [0.717, 1.165) is 16.7 Å². The van der Waals surface area contributed by atoms with Crippen LogP contribution in [0.3, 0.4) is 0 Å². The third-order valence-corrected chi connectivity index (χ3v) is 7.28. The Bertz CT molecular complexity index is 1500. The molecular weight excluding hydrogens is 565 g/mol. The van der Waals surface area contributed by atoms with Gasteiger partial charge in [0.1, 0.15) is 17.5 Å². The van der Waals surface area contributed by atoms with Crippen LogP contribution >= 0.6 is 0 Å². The molecule has 0 aliphatic carbocycles. The van der Waals surface area contributed by atoms with E-state index in [-0.39, 0.29) is 44.2 Å². The van der Waals surface area contributed by atoms with Crippen LogP contribution in [-0.2, 0) is 51.5 Å². The number of amides is 3. The van der Waals surface area contributed by atoms with Crippen LogP contribution in [0, 0.1) is 5.82 Å². The molecule has 232 valence electrons. The van der Waals surface area contributed by atoms with Gasteiger partial charge in [-0.25, -0.2) is 9.18 Å². The first-order valence-electron chi connectivity index (χ1n) is 14.5. The van der Waals surface area contributed by atoms with Crippen LogP contribution in [0.25, 0.3) is 0 Å². The number of nitrogens with zero attached hydrogens (tertiary/aromatic N) is 1. The Morgan fingerprint density at radius 3 is 2.25 bits per heavy atom. The lowest BCUT2D eigenvalue weighted by atomic mass is 9.92. The summed E-state index contributed by atoms with van der Waals surface area (Å²) >= 11 is 0. The number of fused-ring (bicyclic) bond motifs is 1. The van der Waals surface area contributed by atoms with E-state index in [4.69, 9.17) is 9.84 Å². The number of carbonyl (C=O) groups is 4. The maximum atomic E-state index is 14.6. The summed E-state index contributed by atoms with van der Waals surface area (Å²) in [4.78, 5) is 52.6. The zero-order chi connectivity index (χ0) is 31.9. The summed E-state index contributed by atoms with van der Waals surface area (Å²) in [5.41, 5.74) is 2.89. The van der Waals surface area contributed by atoms with Crippen molar-refractivity contribution in [2.75, 3.05) is 0 Å². The lowest BCUT2D eigenvalue weighted by molar-refractivity contribution is -0.142. The largest absolute Gasteiger partial charge is 0.481 e. The number of carboxylic acids is 1. The van der Waals surface area contributed by atoms with Crippen molar-refractivity contribution in [2.24, 2.45) is 0 Å². The molecule has 0 fully saturated rings. The van der Waals surface area contributed by atoms with Gasteiger partial charge in [-0.3, -0.25) is 14.4 Å². The normalized spacial score (nSPS) is 15.1. The zero-order valence-corrected chi connectivity index (χ0v) is 25.1. The Hall–Kier alpha value is -4.73. The van der Waals surface area contributed by atoms with Gasteiger partial charge in [0.2, 0.25) is 11.8 Å². The second kappa shape index (κ2) is 14.2. The average Bonchev–Trinajstić information content (AvgIpc) is 2.95. The Labute approximate surface area is 256 Å². The van der Waals surface area contributed by atoms with Crippen LogP contribution < -0.4 is 10.6 Å². The van der Waals surface area contributed by atoms with Crippen LogP contribution in [0.4, 0.5) is 9.18 Å². The number of carboxylic acid groups (broad SMARTS) is 1. The molecule has 1 heterocycles. The topological polar surface area (TPSA) is 125 Å². The van der Waals surface area contributed by atoms with E-state index in [2.05, 4.69) is 10.6 Å². The van der Waals surface area contributed by atoms with E-state index < -0.39 is 35.6 Å². The quantitative estimate of drug-likeness (QED) is 0.312. The molecule has 44 heavy (non-hydrogen) atoms. The van der Waals surface area contributed by atoms with Crippen LogP contribution in [0.2, 0.25) is 0 Å². The van der Waals surface area contributed by atoms with E-state index in [1.165, 1.54) is 11.0 Å². The maximum Gasteiger partial charge on any atom is 0.407 e. The van der Waals surface area contributed by atoms with E-state index >= 15 is 0 Å². The zero-order valence-electron chi connectivity index (χ0n) is 25.1. The van der Waals surface area contributed by atoms with Gasteiger partial charge in [-0.2, -0.15) is 0 Å². The number of halogens is 1. The number of hydrogen-bond acceptors (Lipinski definition) is 5. The smallest absolute Gasteiger partial charge is 0.407 e. The van der Waals surface area contributed by atoms with Crippen LogP contribution in [0.5, 0.6) is 0 Å². The first kappa shape index (κ1) is 32.2. The molecular formula is C34H38FN3O6. The highest BCUT2D eigenvalue weighted by molar-refractivity contribution is 5.89. The molecule has 3 aromatic rings. The van der Waals surface area contributed by atoms with Crippen molar-refractivity contribution < 1.29 is 33.4 Å². The van der Waals surface area contributed by atoms with Crippen molar-refractivity contribution in [2.45, 2.75) is 77.2 Å². The van der Waals surface area contributed by atoms with Crippen molar-refractivity contribution >= 4 is 23.9 Å². The molecule has 4 rings (SSSR count). The Morgan fingerprint density at radius 1 is 0.955 bits per heavy atom. The summed E-state index contributed by atoms with van der Waals surface area (Å²) in [6.45, 7) is 5.57. The van der Waals surface area contributed by atoms with Gasteiger partial charge in [0.25, 0.3) is 0 Å². The predicted molar refractivity (Wildman–Crippen MR) is 162 cm³/mol. The van der Waals surface area contributed by atoms with E-state index in [1.807, 2.05) is 24.3 Å². The summed E-state index contributed by atoms with van der Waals surface area (Å²) in [7, 11) is 0. The Balaban J connectivity index is 1.52. The van der Waals surface area contributed by atoms with Gasteiger partial charge >= 0.3 is 12.1 Å². The molecule has 1 aliphatic heterocycles. The lowest BCUT2D eigenvalue weighted by Gasteiger charge is -2.37. The molecule has 0 radical (unpaired) electrons. The number of rotatable bonds is 10. The highest BCUT2D eigenvalue weighted by atomic mass is 19.1. The number of carbonyl (C=O) groups excluding carboxylic acids is 3. The molecule has 0 saturated heterocycles. The van der Waals surface area contributed by atoms with Crippen LogP contribution in [0.15, 0.2) is 72.8 Å². The number of alkyl carbamates (subject to hydrolysis) is 1. The van der Waals surface area contributed by atoms with Gasteiger partial charge in [-0.1, -0.05) is 66.7 Å². The first-order chi connectivity index (χ1) is 20.9. The fraction of sp³-hybridized carbons (Fsp3) is 0.353. The SMILES string of the molecule is CC(C)(C)OC(=O)NC(CC(=O)N1Cc2ccccc2CC1C(=O)NCc1ccc(CC(=O)O)cc1)Cc1ccccc1F. The summed E-state index contributed by atoms with van der Waals surface area (Å²) in [5, 5.41) is 14.6. The minimum atomic E-state index is -0.925. The highest BCUT2D eigenvalue weighted by Crippen LogP contribution is 2.25. The summed E-state index contributed by atoms with van der Waals surface area (Å²) in [6, 6.07) is 19.1. The molecule has 3 N–H and O–H groups in total. The minimum absolute atomic E-state index is 0.0524. The van der Waals surface area contributed by atoms with E-state index in [9.17, 15) is 23.6 Å². The van der Waals surface area contributed by atoms with Gasteiger partial charge in [0, 0.05) is 32.0 Å². The number of hydrogen-bond donors (Lipinski definition) is 3. The molecule has 0 aromatic heterocycles. The van der Waals surface area contributed by atoms with Crippen LogP contribution in [0.1, 0.15) is 55.0 Å². The molecule has 1 aliphatic rings. The van der Waals surface area contributed by atoms with Gasteiger partial charge in [0.15, 0.2) is 0 Å². The van der Waals surface area contributed by atoms with Gasteiger partial charge in [-0.05, 0) is 61.1 Å². The fourth-order valence-corrected chi connectivity index (χ4v) is 5.18. The van der Waals surface area contributed by atoms with E-state index in [0.29, 0.717) is 17.5 Å². The maximum absolute atomic E-state index is 14.6. The molecule has 3 aromatic carbocycles. The monoisotopic (exact) mass is 603 g/mol. The number of benzene rings is 3. The van der Waals surface area contributed by atoms with Crippen LogP contribution in [-0.4, -0.2) is 51.6 Å². The van der Waals surface area contributed by atoms with Crippen molar-refractivity contribution in [1.82, 2.24) is 15.5 Å². The molecule has 0 spiro atoms. The van der Waals surface area contributed by atoms with Crippen molar-refractivity contribution in [3.63, 3.8) is 0 Å². The van der Waals surface area contributed by atoms with Crippen molar-refractivity contribution in [3.8, 4) is 0 Å². The number of ether oxygens (including phenoxy) is 1. The molecule has 2 unspecified atom stereocenters. The molecule has 10 heteroatoms. The summed E-state index contributed by atoms with van der Waals surface area (Å²) in [5.74, 6) is -2.08. The third kappa shape index (κ3) is 9.13. The molecule has 2 atom stereocenters. The van der Waals surface area contributed by atoms with E-state index in [1.54, 1.807) is 63.2 Å². The predicted octanol–water partition coefficient (Wildman–Crippen LogP) is 4.55.